The molecule has 3 N–H and O–H groups in total. The first-order chi connectivity index (χ1) is 18.5. The monoisotopic (exact) mass is 607 g/mol. The van der Waals surface area contributed by atoms with Gasteiger partial charge in [0.25, 0.3) is 5.91 Å². The van der Waals surface area contributed by atoms with Crippen molar-refractivity contribution in [2.45, 2.75) is 38.0 Å². The molecule has 2 rings (SSSR count). The van der Waals surface area contributed by atoms with Crippen LogP contribution in [0.3, 0.4) is 0 Å². The van der Waals surface area contributed by atoms with Crippen molar-refractivity contribution >= 4 is 52.8 Å². The third-order valence-corrected chi connectivity index (χ3v) is 5.84. The first-order valence-electron chi connectivity index (χ1n) is 11.6. The van der Waals surface area contributed by atoms with E-state index in [1.165, 1.54) is 44.2 Å². The van der Waals surface area contributed by atoms with Gasteiger partial charge in [-0.05, 0) is 47.4 Å². The highest BCUT2D eigenvalue weighted by Crippen LogP contribution is 2.23. The van der Waals surface area contributed by atoms with Gasteiger partial charge < -0.3 is 16.0 Å². The Labute approximate surface area is 236 Å². The highest BCUT2D eigenvalue weighted by Gasteiger charge is 2.52. The van der Waals surface area contributed by atoms with E-state index < -0.39 is 60.1 Å². The summed E-state index contributed by atoms with van der Waals surface area (Å²) in [4.78, 5) is 50.1. The number of benzene rings is 2. The molecule has 0 radical (unpaired) electrons. The number of Topliss-reactive ketones (excluding diaryl/α,β-unsaturated/α-hetero) is 1. The van der Waals surface area contributed by atoms with Gasteiger partial charge in [-0.2, -0.15) is 22.0 Å². The Morgan fingerprint density at radius 3 is 1.88 bits per heavy atom. The highest BCUT2D eigenvalue weighted by molar-refractivity contribution is 6.30. The molecule has 0 saturated carbocycles. The van der Waals surface area contributed by atoms with E-state index in [0.717, 1.165) is 11.4 Å². The number of carbonyl (C=O) groups excluding carboxylic acids is 4. The van der Waals surface area contributed by atoms with Crippen LogP contribution in [-0.2, 0) is 19.2 Å². The van der Waals surface area contributed by atoms with E-state index in [2.05, 4.69) is 10.6 Å². The minimum atomic E-state index is -4.99. The van der Waals surface area contributed by atoms with Crippen LogP contribution < -0.4 is 16.0 Å². The molecule has 0 spiro atoms. The quantitative estimate of drug-likeness (QED) is 0.192. The Balaban J connectivity index is 2.28. The number of carbonyl (C=O) groups is 4. The van der Waals surface area contributed by atoms with Gasteiger partial charge >= 0.3 is 12.1 Å². The van der Waals surface area contributed by atoms with Crippen molar-refractivity contribution in [2.24, 2.45) is 5.92 Å². The average Bonchev–Trinajstić information content (AvgIpc) is 2.88. The fourth-order valence-electron chi connectivity index (χ4n) is 3.26. The second kappa shape index (κ2) is 13.7. The topological polar surface area (TPSA) is 104 Å². The van der Waals surface area contributed by atoms with Crippen LogP contribution in [-0.4, -0.2) is 48.2 Å². The van der Waals surface area contributed by atoms with Gasteiger partial charge in [-0.25, -0.2) is 0 Å². The summed E-state index contributed by atoms with van der Waals surface area (Å²) in [6.07, 6.45) is -2.47. The zero-order valence-electron chi connectivity index (χ0n) is 21.0. The van der Waals surface area contributed by atoms with Crippen LogP contribution in [0.1, 0.15) is 31.0 Å². The van der Waals surface area contributed by atoms with Crippen LogP contribution in [0.25, 0.3) is 6.08 Å². The molecule has 2 aromatic carbocycles. The second-order valence-electron chi connectivity index (χ2n) is 8.84. The van der Waals surface area contributed by atoms with Gasteiger partial charge in [0.05, 0.1) is 6.04 Å². The first kappa shape index (κ1) is 32.7. The molecule has 0 heterocycles. The van der Waals surface area contributed by atoms with E-state index in [9.17, 15) is 41.1 Å². The van der Waals surface area contributed by atoms with Crippen LogP contribution in [0, 0.1) is 5.92 Å². The lowest BCUT2D eigenvalue weighted by atomic mass is 9.94. The van der Waals surface area contributed by atoms with Gasteiger partial charge in [0, 0.05) is 16.1 Å². The van der Waals surface area contributed by atoms with Gasteiger partial charge in [0.15, 0.2) is 0 Å². The lowest BCUT2D eigenvalue weighted by Gasteiger charge is -2.27. The van der Waals surface area contributed by atoms with Crippen LogP contribution in [0.5, 0.6) is 0 Å². The normalized spacial score (nSPS) is 13.6. The molecule has 0 unspecified atom stereocenters. The molecule has 14 heteroatoms. The molecular formula is C26H24Cl2F5N3O4. The number of halogens is 7. The summed E-state index contributed by atoms with van der Waals surface area (Å²) in [5, 5.41) is 6.23. The largest absolute Gasteiger partial charge is 0.405 e. The van der Waals surface area contributed by atoms with Crippen molar-refractivity contribution in [3.8, 4) is 0 Å². The molecule has 0 aromatic heterocycles. The predicted octanol–water partition coefficient (Wildman–Crippen LogP) is 4.89. The summed E-state index contributed by atoms with van der Waals surface area (Å²) >= 11 is 11.7. The van der Waals surface area contributed by atoms with Crippen molar-refractivity contribution in [3.05, 3.63) is 75.8 Å². The SMILES string of the molecule is CC(C)[C@H](NC(=O)[C@@H](NC(=O)C=Cc1ccc(Cl)cc1)c1ccc(Cl)cc1)C(=O)C(F)(F)C(=O)NCC(F)(F)F. The van der Waals surface area contributed by atoms with E-state index >= 15 is 0 Å². The molecule has 0 bridgehead atoms. The molecular weight excluding hydrogens is 584 g/mol. The molecule has 0 fully saturated rings. The summed E-state index contributed by atoms with van der Waals surface area (Å²) in [6.45, 7) is 0.468. The third kappa shape index (κ3) is 9.60. The van der Waals surface area contributed by atoms with Gasteiger partial charge in [0.2, 0.25) is 17.6 Å². The number of hydrogen-bond acceptors (Lipinski definition) is 4. The zero-order chi connectivity index (χ0) is 30.3. The molecule has 0 aliphatic rings. The number of nitrogens with one attached hydrogen (secondary N) is 3. The smallest absolute Gasteiger partial charge is 0.344 e. The van der Waals surface area contributed by atoms with Gasteiger partial charge in [-0.3, -0.25) is 19.2 Å². The van der Waals surface area contributed by atoms with Crippen molar-refractivity contribution in [2.75, 3.05) is 6.54 Å². The Morgan fingerprint density at radius 2 is 1.38 bits per heavy atom. The van der Waals surface area contributed by atoms with E-state index in [1.807, 2.05) is 0 Å². The van der Waals surface area contributed by atoms with E-state index in [0.29, 0.717) is 10.6 Å². The third-order valence-electron chi connectivity index (χ3n) is 5.34. The van der Waals surface area contributed by atoms with E-state index in [4.69, 9.17) is 23.2 Å². The molecule has 0 aliphatic heterocycles. The maximum atomic E-state index is 14.5. The molecule has 2 aromatic rings. The lowest BCUT2D eigenvalue weighted by molar-refractivity contribution is -0.165. The fourth-order valence-corrected chi connectivity index (χ4v) is 3.51. The molecule has 0 aliphatic carbocycles. The number of hydrogen-bond donors (Lipinski definition) is 3. The van der Waals surface area contributed by atoms with E-state index in [1.54, 1.807) is 24.3 Å². The molecule has 3 amide bonds. The van der Waals surface area contributed by atoms with Gasteiger partial charge in [-0.15, -0.1) is 0 Å². The highest BCUT2D eigenvalue weighted by atomic mass is 35.5. The van der Waals surface area contributed by atoms with Gasteiger partial charge in [0.1, 0.15) is 12.6 Å². The van der Waals surface area contributed by atoms with Crippen LogP contribution in [0.2, 0.25) is 10.0 Å². The standard InChI is InChI=1S/C26H24Cl2F5N3O4/c1-14(2)20(22(38)26(32,33)24(40)34-13-25(29,30)31)36-23(39)21(16-6-10-18(28)11-7-16)35-19(37)12-5-15-3-8-17(27)9-4-15/h3-12,14,20-21H,13H2,1-2H3,(H,34,40)(H,35,37)(H,36,39)/t20-,21-/m0/s1. The van der Waals surface area contributed by atoms with Crippen LogP contribution in [0.15, 0.2) is 54.6 Å². The Bertz CT molecular complexity index is 1250. The number of rotatable bonds is 11. The zero-order valence-corrected chi connectivity index (χ0v) is 22.5. The minimum Gasteiger partial charge on any atom is -0.344 e. The summed E-state index contributed by atoms with van der Waals surface area (Å²) in [7, 11) is 0. The number of ketones is 1. The molecule has 0 saturated heterocycles. The Kier molecular flexibility index (Phi) is 11.2. The Hall–Kier alpha value is -3.51. The van der Waals surface area contributed by atoms with E-state index in [-0.39, 0.29) is 10.6 Å². The van der Waals surface area contributed by atoms with Crippen molar-refractivity contribution < 1.29 is 41.1 Å². The van der Waals surface area contributed by atoms with Crippen molar-refractivity contribution in [1.82, 2.24) is 16.0 Å². The summed E-state index contributed by atoms with van der Waals surface area (Å²) in [5.74, 6) is -12.4. The lowest BCUT2D eigenvalue weighted by Crippen LogP contribution is -2.58. The maximum absolute atomic E-state index is 14.5. The summed E-state index contributed by atoms with van der Waals surface area (Å²) in [5.41, 5.74) is 0.767. The Morgan fingerprint density at radius 1 is 0.850 bits per heavy atom. The molecule has 7 nitrogen and oxygen atoms in total. The average molecular weight is 608 g/mol. The van der Waals surface area contributed by atoms with Crippen molar-refractivity contribution in [1.29, 1.82) is 0 Å². The molecule has 2 atom stereocenters. The predicted molar refractivity (Wildman–Crippen MR) is 139 cm³/mol. The molecule has 40 heavy (non-hydrogen) atoms. The maximum Gasteiger partial charge on any atom is 0.405 e. The van der Waals surface area contributed by atoms with Crippen LogP contribution >= 0.6 is 23.2 Å². The number of amides is 3. The fraction of sp³-hybridized carbons (Fsp3) is 0.308. The summed E-state index contributed by atoms with van der Waals surface area (Å²) < 4.78 is 66.1. The minimum absolute atomic E-state index is 0.166. The van der Waals surface area contributed by atoms with Crippen molar-refractivity contribution in [3.63, 3.8) is 0 Å². The summed E-state index contributed by atoms with van der Waals surface area (Å²) in [6, 6.07) is 8.46. The van der Waals surface area contributed by atoms with Gasteiger partial charge in [-0.1, -0.05) is 61.3 Å². The second-order valence-corrected chi connectivity index (χ2v) is 9.72. The van der Waals surface area contributed by atoms with Crippen LogP contribution in [0.4, 0.5) is 22.0 Å². The first-order valence-corrected chi connectivity index (χ1v) is 12.3. The number of alkyl halides is 5. The molecule has 216 valence electrons.